The van der Waals surface area contributed by atoms with Gasteiger partial charge in [0.1, 0.15) is 0 Å². The maximum atomic E-state index is 13.9. The van der Waals surface area contributed by atoms with Crippen molar-refractivity contribution in [1.82, 2.24) is 9.78 Å². The van der Waals surface area contributed by atoms with Crippen LogP contribution in [0.1, 0.15) is 5.76 Å². The fourth-order valence-corrected chi connectivity index (χ4v) is 3.78. The number of rotatable bonds is 4. The lowest BCUT2D eigenvalue weighted by Gasteiger charge is -2.14. The van der Waals surface area contributed by atoms with E-state index in [2.05, 4.69) is 5.10 Å². The van der Waals surface area contributed by atoms with E-state index in [9.17, 15) is 18.0 Å². The van der Waals surface area contributed by atoms with Gasteiger partial charge in [0.05, 0.1) is 42.1 Å². The van der Waals surface area contributed by atoms with Crippen molar-refractivity contribution in [3.05, 3.63) is 68.8 Å². The van der Waals surface area contributed by atoms with Gasteiger partial charge in [-0.1, -0.05) is 23.2 Å². The number of ether oxygens (including phenoxy) is 2. The summed E-state index contributed by atoms with van der Waals surface area (Å²) in [5.41, 5.74) is -1.70. The number of methoxy groups -OCH3 is 2. The van der Waals surface area contributed by atoms with Crippen LogP contribution in [-0.4, -0.2) is 24.0 Å². The van der Waals surface area contributed by atoms with Crippen molar-refractivity contribution < 1.29 is 27.1 Å². The van der Waals surface area contributed by atoms with Gasteiger partial charge >= 0.3 is 6.18 Å². The highest BCUT2D eigenvalue weighted by Gasteiger charge is 2.40. The smallest absolute Gasteiger partial charge is 0.450 e. The SMILES string of the molecule is COc1ccc2c(=O)c(-c3cnn(-c4ccc(Cl)cc4Cl)c3)c(C(F)(F)F)oc2c1OC. The average molecular weight is 485 g/mol. The first-order valence-electron chi connectivity index (χ1n) is 8.95. The van der Waals surface area contributed by atoms with Gasteiger partial charge in [0.25, 0.3) is 0 Å². The molecule has 0 radical (unpaired) electrons. The molecule has 0 spiro atoms. The third kappa shape index (κ3) is 3.67. The molecule has 0 atom stereocenters. The molecule has 166 valence electrons. The molecule has 2 aromatic carbocycles. The highest BCUT2D eigenvalue weighted by molar-refractivity contribution is 6.35. The molecule has 2 aromatic heterocycles. The van der Waals surface area contributed by atoms with Gasteiger partial charge in [-0.25, -0.2) is 4.68 Å². The van der Waals surface area contributed by atoms with Crippen LogP contribution in [0, 0.1) is 0 Å². The number of hydrogen-bond acceptors (Lipinski definition) is 5. The van der Waals surface area contributed by atoms with Gasteiger partial charge in [0.15, 0.2) is 11.3 Å². The van der Waals surface area contributed by atoms with Gasteiger partial charge in [-0.15, -0.1) is 0 Å². The summed E-state index contributed by atoms with van der Waals surface area (Å²) in [6.07, 6.45) is -2.60. The van der Waals surface area contributed by atoms with Crippen molar-refractivity contribution in [3.63, 3.8) is 0 Å². The molecule has 0 aliphatic heterocycles. The lowest BCUT2D eigenvalue weighted by Crippen LogP contribution is -2.16. The maximum absolute atomic E-state index is 13.9. The number of alkyl halides is 3. The average Bonchev–Trinajstić information content (AvgIpc) is 3.21. The van der Waals surface area contributed by atoms with Crippen LogP contribution < -0.4 is 14.9 Å². The van der Waals surface area contributed by atoms with E-state index in [0.29, 0.717) is 10.7 Å². The lowest BCUT2D eigenvalue weighted by atomic mass is 10.0. The molecule has 11 heteroatoms. The Balaban J connectivity index is 2.00. The van der Waals surface area contributed by atoms with Crippen LogP contribution in [-0.2, 0) is 6.18 Å². The molecule has 0 fully saturated rings. The summed E-state index contributed by atoms with van der Waals surface area (Å²) in [4.78, 5) is 13.2. The highest BCUT2D eigenvalue weighted by atomic mass is 35.5. The van der Waals surface area contributed by atoms with Crippen LogP contribution in [0.4, 0.5) is 13.2 Å². The summed E-state index contributed by atoms with van der Waals surface area (Å²) in [7, 11) is 2.55. The molecule has 6 nitrogen and oxygen atoms in total. The predicted octanol–water partition coefficient (Wildman–Crippen LogP) is 5.99. The van der Waals surface area contributed by atoms with Crippen LogP contribution in [0.15, 0.2) is 51.9 Å². The number of hydrogen-bond donors (Lipinski definition) is 0. The van der Waals surface area contributed by atoms with Crippen molar-refractivity contribution in [3.8, 4) is 28.3 Å². The predicted molar refractivity (Wildman–Crippen MR) is 113 cm³/mol. The largest absolute Gasteiger partial charge is 0.493 e. The lowest BCUT2D eigenvalue weighted by molar-refractivity contribution is -0.152. The minimum Gasteiger partial charge on any atom is -0.493 e. The van der Waals surface area contributed by atoms with Crippen molar-refractivity contribution >= 4 is 34.2 Å². The first-order chi connectivity index (χ1) is 15.2. The monoisotopic (exact) mass is 484 g/mol. The van der Waals surface area contributed by atoms with Gasteiger partial charge in [-0.3, -0.25) is 4.79 Å². The zero-order valence-electron chi connectivity index (χ0n) is 16.5. The first-order valence-corrected chi connectivity index (χ1v) is 9.70. The van der Waals surface area contributed by atoms with Gasteiger partial charge in [0.2, 0.25) is 16.9 Å². The molecule has 32 heavy (non-hydrogen) atoms. The Hall–Kier alpha value is -3.17. The van der Waals surface area contributed by atoms with Crippen LogP contribution in [0.2, 0.25) is 10.0 Å². The second kappa shape index (κ2) is 8.07. The topological polar surface area (TPSA) is 66.5 Å². The van der Waals surface area contributed by atoms with Crippen molar-refractivity contribution in [2.24, 2.45) is 0 Å². The maximum Gasteiger partial charge on any atom is 0.450 e. The summed E-state index contributed by atoms with van der Waals surface area (Å²) in [5.74, 6) is -1.49. The molecule has 0 amide bonds. The fourth-order valence-electron chi connectivity index (χ4n) is 3.28. The Kier molecular flexibility index (Phi) is 5.56. The highest BCUT2D eigenvalue weighted by Crippen LogP contribution is 2.41. The van der Waals surface area contributed by atoms with E-state index in [4.69, 9.17) is 37.1 Å². The Morgan fingerprint density at radius 1 is 1.09 bits per heavy atom. The van der Waals surface area contributed by atoms with E-state index in [1.54, 1.807) is 12.1 Å². The molecule has 2 heterocycles. The number of fused-ring (bicyclic) bond motifs is 1. The molecule has 0 N–H and O–H groups in total. The van der Waals surface area contributed by atoms with Gasteiger partial charge < -0.3 is 13.9 Å². The molecule has 0 saturated carbocycles. The Morgan fingerprint density at radius 2 is 1.84 bits per heavy atom. The Bertz CT molecular complexity index is 1400. The second-order valence-electron chi connectivity index (χ2n) is 6.58. The summed E-state index contributed by atoms with van der Waals surface area (Å²) in [5, 5.41) is 4.55. The van der Waals surface area contributed by atoms with E-state index in [0.717, 1.165) is 6.20 Å². The van der Waals surface area contributed by atoms with E-state index in [1.165, 1.54) is 43.3 Å². The summed E-state index contributed by atoms with van der Waals surface area (Å²) in [6.45, 7) is 0. The number of aromatic nitrogens is 2. The normalized spacial score (nSPS) is 11.7. The molecular weight excluding hydrogens is 472 g/mol. The molecule has 0 saturated heterocycles. The minimum atomic E-state index is -4.98. The van der Waals surface area contributed by atoms with Gasteiger partial charge in [0, 0.05) is 16.8 Å². The zero-order valence-corrected chi connectivity index (χ0v) is 18.0. The van der Waals surface area contributed by atoms with Gasteiger partial charge in [-0.05, 0) is 30.3 Å². The second-order valence-corrected chi connectivity index (χ2v) is 7.42. The Morgan fingerprint density at radius 3 is 2.47 bits per heavy atom. The van der Waals surface area contributed by atoms with E-state index >= 15 is 0 Å². The third-order valence-electron chi connectivity index (χ3n) is 4.69. The van der Waals surface area contributed by atoms with E-state index in [1.807, 2.05) is 0 Å². The van der Waals surface area contributed by atoms with E-state index in [-0.39, 0.29) is 33.1 Å². The third-order valence-corrected chi connectivity index (χ3v) is 5.23. The first kappa shape index (κ1) is 22.0. The summed E-state index contributed by atoms with van der Waals surface area (Å²) < 4.78 is 58.5. The van der Waals surface area contributed by atoms with Crippen LogP contribution in [0.3, 0.4) is 0 Å². The van der Waals surface area contributed by atoms with Crippen molar-refractivity contribution in [2.45, 2.75) is 6.18 Å². The summed E-state index contributed by atoms with van der Waals surface area (Å²) in [6, 6.07) is 7.28. The molecule has 4 aromatic rings. The van der Waals surface area contributed by atoms with Crippen LogP contribution in [0.25, 0.3) is 27.8 Å². The van der Waals surface area contributed by atoms with Crippen LogP contribution >= 0.6 is 23.2 Å². The number of nitrogens with zero attached hydrogens (tertiary/aromatic N) is 2. The van der Waals surface area contributed by atoms with Crippen molar-refractivity contribution in [2.75, 3.05) is 14.2 Å². The Labute approximate surface area is 188 Å². The molecule has 0 bridgehead atoms. The molecule has 0 unspecified atom stereocenters. The quantitative estimate of drug-likeness (QED) is 0.356. The molecular formula is C21H13Cl2F3N2O4. The van der Waals surface area contributed by atoms with Crippen molar-refractivity contribution in [1.29, 1.82) is 0 Å². The van der Waals surface area contributed by atoms with E-state index < -0.39 is 22.9 Å². The number of halogens is 5. The zero-order chi connectivity index (χ0) is 23.2. The summed E-state index contributed by atoms with van der Waals surface area (Å²) >= 11 is 12.1. The number of benzene rings is 2. The standard InChI is InChI=1S/C21H13Cl2F3N2O4/c1-30-15-6-4-12-17(29)16(20(21(24,25)26)32-18(12)19(15)31-2)10-8-27-28(9-10)14-5-3-11(22)7-13(14)23/h3-9H,1-2H3. The minimum absolute atomic E-state index is 0.103. The fraction of sp³-hybridized carbons (Fsp3) is 0.143. The van der Waals surface area contributed by atoms with Gasteiger partial charge in [-0.2, -0.15) is 18.3 Å². The van der Waals surface area contributed by atoms with Crippen LogP contribution in [0.5, 0.6) is 11.5 Å². The molecule has 4 rings (SSSR count). The molecule has 0 aliphatic rings. The molecule has 0 aliphatic carbocycles.